The zero-order valence-corrected chi connectivity index (χ0v) is 15.9. The summed E-state index contributed by atoms with van der Waals surface area (Å²) in [6.07, 6.45) is 0. The molecule has 0 bridgehead atoms. The molecule has 2 aromatic carbocycles. The third kappa shape index (κ3) is 7.66. The number of halogens is 1. The van der Waals surface area contributed by atoms with Crippen molar-refractivity contribution in [1.29, 1.82) is 0 Å². The topological polar surface area (TPSA) is 0 Å². The van der Waals surface area contributed by atoms with Crippen molar-refractivity contribution < 1.29 is 0 Å². The van der Waals surface area contributed by atoms with Crippen LogP contribution in [0.4, 0.5) is 0 Å². The lowest BCUT2D eigenvalue weighted by atomic mass is 9.99. The number of aryl methyl sites for hydroxylation is 1. The first-order valence-electron chi connectivity index (χ1n) is 8.22. The van der Waals surface area contributed by atoms with Crippen LogP contribution in [0, 0.1) is 6.92 Å². The maximum atomic E-state index is 5.72. The Hall–Kier alpha value is -1.27. The quantitative estimate of drug-likeness (QED) is 0.534. The number of benzene rings is 2. The average Bonchev–Trinajstić information content (AvgIpc) is 2.50. The first-order chi connectivity index (χ1) is 10.4. The molecule has 0 aromatic heterocycles. The Morgan fingerprint density at radius 3 is 1.59 bits per heavy atom. The molecule has 0 unspecified atom stereocenters. The second-order valence-electron chi connectivity index (χ2n) is 5.72. The first kappa shape index (κ1) is 20.7. The largest absolute Gasteiger partial charge is 0.0843 e. The van der Waals surface area contributed by atoms with Gasteiger partial charge in [-0.25, -0.2) is 0 Å². The Morgan fingerprint density at radius 2 is 1.23 bits per heavy atom. The van der Waals surface area contributed by atoms with E-state index >= 15 is 0 Å². The van der Waals surface area contributed by atoms with Gasteiger partial charge in [-0.1, -0.05) is 89.5 Å². The maximum Gasteiger partial charge on any atom is 0.0406 e. The number of hydrogen-bond acceptors (Lipinski definition) is 0. The van der Waals surface area contributed by atoms with E-state index in [0.29, 0.717) is 11.8 Å². The fraction of sp³-hybridized carbons (Fsp3) is 0.429. The highest BCUT2D eigenvalue weighted by molar-refractivity contribution is 6.30. The van der Waals surface area contributed by atoms with E-state index in [4.69, 9.17) is 11.6 Å². The Morgan fingerprint density at radius 1 is 0.727 bits per heavy atom. The molecule has 0 N–H and O–H groups in total. The highest BCUT2D eigenvalue weighted by Gasteiger charge is 1.99. The molecule has 0 aliphatic heterocycles. The molecule has 0 aliphatic carbocycles. The molecule has 2 aromatic rings. The minimum Gasteiger partial charge on any atom is -0.0843 e. The van der Waals surface area contributed by atoms with Gasteiger partial charge in [0.25, 0.3) is 0 Å². The molecule has 122 valence electrons. The summed E-state index contributed by atoms with van der Waals surface area (Å²) < 4.78 is 0. The summed E-state index contributed by atoms with van der Waals surface area (Å²) in [5.74, 6) is 1.25. The average molecular weight is 319 g/mol. The zero-order valence-electron chi connectivity index (χ0n) is 15.2. The van der Waals surface area contributed by atoms with Crippen molar-refractivity contribution >= 4 is 11.6 Å². The minimum absolute atomic E-state index is 0.595. The standard InChI is InChI=1S/C10H14.C9H11Cl.C2H6/c1-8(2)10-7-5-4-6-9(10)3;1-7(2)8-3-5-9(10)6-4-8;1-2/h4-8H,1-3H3;3-7H,1-2H3;1-2H3. The molecule has 0 fully saturated rings. The fourth-order valence-corrected chi connectivity index (χ4v) is 2.21. The second kappa shape index (κ2) is 11.3. The van der Waals surface area contributed by atoms with Gasteiger partial charge in [-0.05, 0) is 47.6 Å². The van der Waals surface area contributed by atoms with Gasteiger partial charge < -0.3 is 0 Å². The van der Waals surface area contributed by atoms with Gasteiger partial charge in [-0.3, -0.25) is 0 Å². The van der Waals surface area contributed by atoms with E-state index in [1.165, 1.54) is 16.7 Å². The van der Waals surface area contributed by atoms with Crippen LogP contribution in [0.5, 0.6) is 0 Å². The Labute approximate surface area is 142 Å². The van der Waals surface area contributed by atoms with Crippen LogP contribution in [-0.2, 0) is 0 Å². The smallest absolute Gasteiger partial charge is 0.0406 e. The molecule has 0 saturated carbocycles. The zero-order chi connectivity index (χ0) is 17.1. The summed E-state index contributed by atoms with van der Waals surface area (Å²) in [5, 5.41) is 0.810. The van der Waals surface area contributed by atoms with Crippen LogP contribution >= 0.6 is 11.6 Å². The Balaban J connectivity index is 0.000000360. The third-order valence-electron chi connectivity index (χ3n) is 3.35. The van der Waals surface area contributed by atoms with Crippen molar-refractivity contribution in [2.75, 3.05) is 0 Å². The molecule has 1 heteroatoms. The molecule has 0 spiro atoms. The summed E-state index contributed by atoms with van der Waals surface area (Å²) in [6.45, 7) is 15.0. The summed E-state index contributed by atoms with van der Waals surface area (Å²) in [7, 11) is 0. The van der Waals surface area contributed by atoms with Gasteiger partial charge in [0.15, 0.2) is 0 Å². The van der Waals surface area contributed by atoms with Crippen molar-refractivity contribution in [2.24, 2.45) is 0 Å². The van der Waals surface area contributed by atoms with E-state index in [1.54, 1.807) is 0 Å². The van der Waals surface area contributed by atoms with Gasteiger partial charge in [0.05, 0.1) is 0 Å². The van der Waals surface area contributed by atoms with Gasteiger partial charge in [0.1, 0.15) is 0 Å². The van der Waals surface area contributed by atoms with Crippen LogP contribution in [0.1, 0.15) is 70.1 Å². The minimum atomic E-state index is 0.595. The van der Waals surface area contributed by atoms with Crippen LogP contribution in [0.25, 0.3) is 0 Å². The van der Waals surface area contributed by atoms with Gasteiger partial charge in [0.2, 0.25) is 0 Å². The van der Waals surface area contributed by atoms with Crippen molar-refractivity contribution in [3.8, 4) is 0 Å². The molecule has 0 atom stereocenters. The lowest BCUT2D eigenvalue weighted by Crippen LogP contribution is -1.89. The van der Waals surface area contributed by atoms with Crippen molar-refractivity contribution in [3.05, 3.63) is 70.2 Å². The van der Waals surface area contributed by atoms with Crippen LogP contribution in [0.3, 0.4) is 0 Å². The molecule has 22 heavy (non-hydrogen) atoms. The predicted octanol–water partition coefficient (Wildman–Crippen LogP) is 7.61. The van der Waals surface area contributed by atoms with Gasteiger partial charge in [-0.2, -0.15) is 0 Å². The summed E-state index contributed by atoms with van der Waals surface area (Å²) in [6, 6.07) is 16.5. The maximum absolute atomic E-state index is 5.72. The van der Waals surface area contributed by atoms with Crippen LogP contribution in [-0.4, -0.2) is 0 Å². The monoisotopic (exact) mass is 318 g/mol. The highest BCUT2D eigenvalue weighted by atomic mass is 35.5. The highest BCUT2D eigenvalue weighted by Crippen LogP contribution is 2.17. The first-order valence-corrected chi connectivity index (χ1v) is 8.60. The van der Waals surface area contributed by atoms with E-state index in [9.17, 15) is 0 Å². The fourth-order valence-electron chi connectivity index (χ4n) is 2.08. The lowest BCUT2D eigenvalue weighted by Gasteiger charge is -2.07. The molecule has 2 rings (SSSR count). The third-order valence-corrected chi connectivity index (χ3v) is 3.60. The van der Waals surface area contributed by atoms with Crippen molar-refractivity contribution in [1.82, 2.24) is 0 Å². The normalized spacial score (nSPS) is 9.73. The molecule has 0 aliphatic rings. The molecule has 0 heterocycles. The van der Waals surface area contributed by atoms with E-state index in [-0.39, 0.29) is 0 Å². The van der Waals surface area contributed by atoms with E-state index in [2.05, 4.69) is 71.0 Å². The summed E-state index contributed by atoms with van der Waals surface area (Å²) >= 11 is 5.72. The number of hydrogen-bond donors (Lipinski definition) is 0. The van der Waals surface area contributed by atoms with E-state index in [0.717, 1.165) is 5.02 Å². The van der Waals surface area contributed by atoms with E-state index in [1.807, 2.05) is 26.0 Å². The Kier molecular flexibility index (Phi) is 10.7. The molecule has 0 radical (unpaired) electrons. The van der Waals surface area contributed by atoms with Gasteiger partial charge in [0, 0.05) is 5.02 Å². The molecule has 0 nitrogen and oxygen atoms in total. The molecule has 0 amide bonds. The van der Waals surface area contributed by atoms with Crippen LogP contribution in [0.15, 0.2) is 48.5 Å². The van der Waals surface area contributed by atoms with Crippen LogP contribution in [0.2, 0.25) is 5.02 Å². The molecule has 0 saturated heterocycles. The predicted molar refractivity (Wildman–Crippen MR) is 102 cm³/mol. The second-order valence-corrected chi connectivity index (χ2v) is 6.15. The van der Waals surface area contributed by atoms with Crippen molar-refractivity contribution in [2.45, 2.75) is 60.3 Å². The Bertz CT molecular complexity index is 510. The number of rotatable bonds is 2. The summed E-state index contributed by atoms with van der Waals surface area (Å²) in [4.78, 5) is 0. The van der Waals surface area contributed by atoms with Crippen LogP contribution < -0.4 is 0 Å². The van der Waals surface area contributed by atoms with Gasteiger partial charge in [-0.15, -0.1) is 0 Å². The SMILES string of the molecule is CC.CC(C)c1ccc(Cl)cc1.Cc1ccccc1C(C)C. The molecular formula is C21H31Cl. The lowest BCUT2D eigenvalue weighted by molar-refractivity contribution is 0.856. The summed E-state index contributed by atoms with van der Waals surface area (Å²) in [5.41, 5.74) is 4.20. The van der Waals surface area contributed by atoms with Gasteiger partial charge >= 0.3 is 0 Å². The molecular weight excluding hydrogens is 288 g/mol. The van der Waals surface area contributed by atoms with E-state index < -0.39 is 0 Å². The van der Waals surface area contributed by atoms with Crippen molar-refractivity contribution in [3.63, 3.8) is 0 Å².